The molecule has 126 valence electrons. The minimum atomic E-state index is -3.91. The lowest BCUT2D eigenvalue weighted by atomic mass is 10.1. The van der Waals surface area contributed by atoms with Crippen LogP contribution in [0.2, 0.25) is 0 Å². The molecule has 0 saturated carbocycles. The van der Waals surface area contributed by atoms with Gasteiger partial charge < -0.3 is 4.42 Å². The first-order valence-corrected chi connectivity index (χ1v) is 9.52. The summed E-state index contributed by atoms with van der Waals surface area (Å²) in [5, 5.41) is 2.23. The molecule has 0 aliphatic carbocycles. The number of hydrogen-bond donors (Lipinski definition) is 1. The number of hydrogen-bond acceptors (Lipinski definition) is 3. The van der Waals surface area contributed by atoms with Gasteiger partial charge in [0.05, 0.1) is 11.1 Å². The highest BCUT2D eigenvalue weighted by Crippen LogP contribution is 2.25. The van der Waals surface area contributed by atoms with Crippen LogP contribution in [0.3, 0.4) is 0 Å². The summed E-state index contributed by atoms with van der Waals surface area (Å²) in [7, 11) is -3.91. The van der Waals surface area contributed by atoms with Gasteiger partial charge in [0.25, 0.3) is 15.6 Å². The molecule has 1 N–H and O–H groups in total. The van der Waals surface area contributed by atoms with E-state index in [1.807, 2.05) is 43.3 Å². The predicted molar refractivity (Wildman–Crippen MR) is 94.3 cm³/mol. The van der Waals surface area contributed by atoms with Crippen molar-refractivity contribution >= 4 is 38.1 Å². The molecule has 0 amide bonds. The smallest absolute Gasteiger partial charge is 0.373 e. The summed E-state index contributed by atoms with van der Waals surface area (Å²) in [4.78, 5) is 0. The maximum Gasteiger partial charge on any atom is 0.373 e. The van der Waals surface area contributed by atoms with Crippen LogP contribution in [-0.4, -0.2) is 18.7 Å². The zero-order chi connectivity index (χ0) is 17.2. The average Bonchev–Trinajstić information content (AvgIpc) is 2.89. The molecule has 0 spiro atoms. The van der Waals surface area contributed by atoms with Crippen LogP contribution in [0.5, 0.6) is 0 Å². The molecule has 0 fully saturated rings. The number of rotatable bonds is 6. The van der Waals surface area contributed by atoms with Gasteiger partial charge in [-0.2, -0.15) is 13.0 Å². The summed E-state index contributed by atoms with van der Waals surface area (Å²) in [5.74, 6) is 0.513. The molecule has 3 rings (SSSR count). The van der Waals surface area contributed by atoms with E-state index in [0.717, 1.165) is 27.8 Å². The number of allylic oxidation sites excluding steroid dienone is 1. The van der Waals surface area contributed by atoms with E-state index < -0.39 is 10.1 Å². The second kappa shape index (κ2) is 6.75. The van der Waals surface area contributed by atoms with Gasteiger partial charge in [0, 0.05) is 12.5 Å². The number of aryl methyl sites for hydroxylation is 1. The standard InChI is InChI=1S/C18H19NO4S/c1-2-7-17-19(12-5-6-13-24(20,21)22)18-15-9-4-3-8-14(15)10-11-16(18)23-17/h2-4,7-11H,5-6,12-13H2,1H3/p+1/b7-2+. The molecule has 0 aliphatic heterocycles. The Morgan fingerprint density at radius 2 is 1.96 bits per heavy atom. The van der Waals surface area contributed by atoms with Crippen molar-refractivity contribution in [3.05, 3.63) is 48.4 Å². The van der Waals surface area contributed by atoms with Gasteiger partial charge in [0.15, 0.2) is 6.54 Å². The maximum absolute atomic E-state index is 10.9. The Morgan fingerprint density at radius 3 is 2.71 bits per heavy atom. The SMILES string of the molecule is C/C=C/c1oc2ccc3ccccc3c2[n+]1CCCCS(=O)(=O)O. The Balaban J connectivity index is 2.02. The van der Waals surface area contributed by atoms with Crippen LogP contribution < -0.4 is 4.57 Å². The third-order valence-corrected chi connectivity index (χ3v) is 4.76. The second-order valence-electron chi connectivity index (χ2n) is 5.72. The first-order chi connectivity index (χ1) is 11.5. The van der Waals surface area contributed by atoms with Gasteiger partial charge in [-0.3, -0.25) is 4.55 Å². The maximum atomic E-state index is 10.9. The molecule has 0 unspecified atom stereocenters. The van der Waals surface area contributed by atoms with E-state index in [9.17, 15) is 8.42 Å². The van der Waals surface area contributed by atoms with E-state index >= 15 is 0 Å². The fraction of sp³-hybridized carbons (Fsp3) is 0.278. The third kappa shape index (κ3) is 3.49. The topological polar surface area (TPSA) is 71.4 Å². The summed E-state index contributed by atoms with van der Waals surface area (Å²) < 4.78 is 38.6. The van der Waals surface area contributed by atoms with Crippen LogP contribution >= 0.6 is 0 Å². The number of benzene rings is 2. The number of oxazole rings is 1. The van der Waals surface area contributed by atoms with Gasteiger partial charge in [0.2, 0.25) is 5.58 Å². The minimum Gasteiger partial charge on any atom is -0.398 e. The lowest BCUT2D eigenvalue weighted by Crippen LogP contribution is -2.35. The van der Waals surface area contributed by atoms with E-state index in [0.29, 0.717) is 19.4 Å². The molecule has 0 radical (unpaired) electrons. The third-order valence-electron chi connectivity index (χ3n) is 3.96. The van der Waals surface area contributed by atoms with E-state index in [4.69, 9.17) is 8.97 Å². The zero-order valence-electron chi connectivity index (χ0n) is 13.5. The molecule has 2 aromatic carbocycles. The van der Waals surface area contributed by atoms with E-state index in [1.165, 1.54) is 0 Å². The van der Waals surface area contributed by atoms with Crippen LogP contribution in [0.4, 0.5) is 0 Å². The molecule has 1 heterocycles. The monoisotopic (exact) mass is 346 g/mol. The van der Waals surface area contributed by atoms with Crippen molar-refractivity contribution in [2.45, 2.75) is 26.3 Å². The molecular weight excluding hydrogens is 326 g/mol. The van der Waals surface area contributed by atoms with Crippen LogP contribution in [-0.2, 0) is 16.7 Å². The van der Waals surface area contributed by atoms with E-state index in [2.05, 4.69) is 16.7 Å². The molecule has 6 heteroatoms. The molecule has 3 aromatic rings. The summed E-state index contributed by atoms with van der Waals surface area (Å²) in [6.45, 7) is 2.55. The highest BCUT2D eigenvalue weighted by molar-refractivity contribution is 7.85. The van der Waals surface area contributed by atoms with Gasteiger partial charge in [0.1, 0.15) is 0 Å². The number of fused-ring (bicyclic) bond motifs is 3. The molecule has 0 atom stereocenters. The largest absolute Gasteiger partial charge is 0.398 e. The van der Waals surface area contributed by atoms with Gasteiger partial charge in [-0.15, -0.1) is 0 Å². The van der Waals surface area contributed by atoms with Gasteiger partial charge in [-0.05, 0) is 30.9 Å². The average molecular weight is 346 g/mol. The van der Waals surface area contributed by atoms with Gasteiger partial charge in [-0.1, -0.05) is 30.3 Å². The van der Waals surface area contributed by atoms with Crippen molar-refractivity contribution in [2.24, 2.45) is 0 Å². The van der Waals surface area contributed by atoms with Crippen LogP contribution in [0.1, 0.15) is 25.7 Å². The second-order valence-corrected chi connectivity index (χ2v) is 7.29. The molecule has 5 nitrogen and oxygen atoms in total. The summed E-state index contributed by atoms with van der Waals surface area (Å²) in [6, 6.07) is 12.1. The van der Waals surface area contributed by atoms with Crippen LogP contribution in [0.15, 0.2) is 46.9 Å². The zero-order valence-corrected chi connectivity index (χ0v) is 14.3. The van der Waals surface area contributed by atoms with Gasteiger partial charge in [-0.25, -0.2) is 0 Å². The number of nitrogens with zero attached hydrogens (tertiary/aromatic N) is 1. The Morgan fingerprint density at radius 1 is 1.17 bits per heavy atom. The fourth-order valence-corrected chi connectivity index (χ4v) is 3.49. The summed E-state index contributed by atoms with van der Waals surface area (Å²) in [6.07, 6.45) is 4.84. The van der Waals surface area contributed by atoms with Gasteiger partial charge >= 0.3 is 5.89 Å². The normalized spacial score (nSPS) is 12.6. The van der Waals surface area contributed by atoms with Crippen molar-refractivity contribution in [1.82, 2.24) is 0 Å². The number of unbranched alkanes of at least 4 members (excludes halogenated alkanes) is 1. The van der Waals surface area contributed by atoms with Crippen molar-refractivity contribution in [3.63, 3.8) is 0 Å². The van der Waals surface area contributed by atoms with Crippen molar-refractivity contribution in [1.29, 1.82) is 0 Å². The summed E-state index contributed by atoms with van der Waals surface area (Å²) in [5.41, 5.74) is 1.81. The Kier molecular flexibility index (Phi) is 4.69. The minimum absolute atomic E-state index is 0.219. The highest BCUT2D eigenvalue weighted by Gasteiger charge is 2.22. The van der Waals surface area contributed by atoms with Crippen molar-refractivity contribution in [2.75, 3.05) is 5.75 Å². The first kappa shape index (κ1) is 16.7. The first-order valence-electron chi connectivity index (χ1n) is 7.91. The van der Waals surface area contributed by atoms with E-state index in [1.54, 1.807) is 0 Å². The summed E-state index contributed by atoms with van der Waals surface area (Å²) >= 11 is 0. The molecule has 1 aromatic heterocycles. The van der Waals surface area contributed by atoms with Crippen LogP contribution in [0.25, 0.3) is 27.9 Å². The fourth-order valence-electron chi connectivity index (χ4n) is 2.92. The molecule has 0 saturated heterocycles. The molecular formula is C18H20NO4S+. The van der Waals surface area contributed by atoms with E-state index in [-0.39, 0.29) is 5.75 Å². The van der Waals surface area contributed by atoms with Crippen molar-refractivity contribution < 1.29 is 22.0 Å². The molecule has 0 bridgehead atoms. The Hall–Kier alpha value is -2.18. The highest BCUT2D eigenvalue weighted by atomic mass is 32.2. The van der Waals surface area contributed by atoms with Crippen molar-refractivity contribution in [3.8, 4) is 0 Å². The molecule has 24 heavy (non-hydrogen) atoms. The van der Waals surface area contributed by atoms with Crippen LogP contribution in [0, 0.1) is 0 Å². The quantitative estimate of drug-likeness (QED) is 0.421. The lowest BCUT2D eigenvalue weighted by molar-refractivity contribution is -0.677. The Labute approximate surface area is 141 Å². The molecule has 0 aliphatic rings. The number of aromatic nitrogens is 1. The lowest BCUT2D eigenvalue weighted by Gasteiger charge is -1.99. The Bertz CT molecular complexity index is 1000. The predicted octanol–water partition coefficient (Wildman–Crippen LogP) is 3.57.